The minimum absolute atomic E-state index is 0.328. The molecule has 1 aromatic heterocycles. The van der Waals surface area contributed by atoms with Gasteiger partial charge in [0.05, 0.1) is 27.8 Å². The Morgan fingerprint density at radius 2 is 1.85 bits per heavy atom. The van der Waals surface area contributed by atoms with Crippen LogP contribution < -0.4 is 10.2 Å². The molecule has 2 aromatic carbocycles. The largest absolute Gasteiger partial charge is 0.369 e. The molecular formula is C25H25N5O2S. The van der Waals surface area contributed by atoms with Gasteiger partial charge in [0.15, 0.2) is 0 Å². The van der Waals surface area contributed by atoms with Crippen LogP contribution in [0.3, 0.4) is 0 Å². The van der Waals surface area contributed by atoms with Crippen molar-refractivity contribution >= 4 is 45.7 Å². The third kappa shape index (κ3) is 4.62. The maximum Gasteiger partial charge on any atom is 0.290 e. The topological polar surface area (TPSA) is 78.4 Å². The van der Waals surface area contributed by atoms with Crippen molar-refractivity contribution in [2.24, 2.45) is 0 Å². The van der Waals surface area contributed by atoms with Crippen molar-refractivity contribution in [2.75, 3.05) is 37.6 Å². The zero-order chi connectivity index (χ0) is 22.8. The number of fused-ring (bicyclic) bond motifs is 1. The van der Waals surface area contributed by atoms with Crippen LogP contribution in [0.15, 0.2) is 53.6 Å². The number of anilines is 1. The van der Waals surface area contributed by atoms with Crippen molar-refractivity contribution in [1.29, 1.82) is 0 Å². The molecule has 0 unspecified atom stereocenters. The van der Waals surface area contributed by atoms with Crippen LogP contribution in [0.4, 0.5) is 10.5 Å². The molecule has 0 radical (unpaired) electrons. The first-order valence-corrected chi connectivity index (χ1v) is 12.0. The lowest BCUT2D eigenvalue weighted by Gasteiger charge is -2.36. The molecule has 168 valence electrons. The highest BCUT2D eigenvalue weighted by Gasteiger charge is 2.25. The van der Waals surface area contributed by atoms with Gasteiger partial charge in [0.1, 0.15) is 0 Å². The van der Waals surface area contributed by atoms with Crippen molar-refractivity contribution < 1.29 is 9.59 Å². The summed E-state index contributed by atoms with van der Waals surface area (Å²) in [5.41, 5.74) is 5.38. The van der Waals surface area contributed by atoms with E-state index in [-0.39, 0.29) is 5.24 Å². The van der Waals surface area contributed by atoms with E-state index in [9.17, 15) is 9.59 Å². The maximum absolute atomic E-state index is 11.9. The van der Waals surface area contributed by atoms with Gasteiger partial charge in [0, 0.05) is 37.4 Å². The molecule has 0 saturated carbocycles. The average Bonchev–Trinajstić information content (AvgIpc) is 3.16. The van der Waals surface area contributed by atoms with Gasteiger partial charge in [-0.05, 0) is 54.6 Å². The summed E-state index contributed by atoms with van der Waals surface area (Å²) < 4.78 is 0. The first-order chi connectivity index (χ1) is 16.1. The van der Waals surface area contributed by atoms with E-state index in [4.69, 9.17) is 4.98 Å². The van der Waals surface area contributed by atoms with Gasteiger partial charge in [0.25, 0.3) is 11.1 Å². The molecule has 33 heavy (non-hydrogen) atoms. The Kier molecular flexibility index (Phi) is 6.11. The van der Waals surface area contributed by atoms with Crippen LogP contribution in [0.25, 0.3) is 28.2 Å². The molecule has 0 aliphatic carbocycles. The molecule has 2 aliphatic rings. The molecule has 2 aliphatic heterocycles. The van der Waals surface area contributed by atoms with Crippen molar-refractivity contribution in [3.05, 3.63) is 59.3 Å². The first-order valence-electron chi connectivity index (χ1n) is 11.2. The SMILES string of the molecule is CCCN1CCN(c2ccc(-c3cccc4ncc(C=C5SC(=O)NC5=O)nc34)cc2)CC1. The lowest BCUT2D eigenvalue weighted by atomic mass is 10.0. The number of carbonyl (C=O) groups is 2. The summed E-state index contributed by atoms with van der Waals surface area (Å²) in [5, 5.41) is 1.90. The molecule has 1 N–H and O–H groups in total. The van der Waals surface area contributed by atoms with E-state index in [1.54, 1.807) is 12.3 Å². The van der Waals surface area contributed by atoms with Gasteiger partial charge in [-0.15, -0.1) is 0 Å². The molecule has 0 spiro atoms. The third-order valence-electron chi connectivity index (χ3n) is 5.97. The number of imide groups is 1. The molecular weight excluding hydrogens is 434 g/mol. The van der Waals surface area contributed by atoms with Crippen LogP contribution in [0.5, 0.6) is 0 Å². The van der Waals surface area contributed by atoms with Crippen molar-refractivity contribution in [3.63, 3.8) is 0 Å². The second-order valence-corrected chi connectivity index (χ2v) is 9.21. The summed E-state index contributed by atoms with van der Waals surface area (Å²) in [6, 6.07) is 14.6. The zero-order valence-electron chi connectivity index (χ0n) is 18.5. The fourth-order valence-electron chi connectivity index (χ4n) is 4.30. The van der Waals surface area contributed by atoms with Crippen LogP contribution in [0.1, 0.15) is 19.0 Å². The number of nitrogens with zero attached hydrogens (tertiary/aromatic N) is 4. The number of hydrogen-bond acceptors (Lipinski definition) is 7. The standard InChI is InChI=1S/C25H25N5O2S/c1-2-10-29-11-13-30(14-12-29)19-8-6-17(7-9-19)20-4-3-5-21-23(20)27-18(16-26-21)15-22-24(31)28-25(32)33-22/h3-9,15-16H,2,10-14H2,1H3,(H,28,31,32). The Morgan fingerprint density at radius 1 is 1.06 bits per heavy atom. The Hall–Kier alpha value is -3.23. The molecule has 2 fully saturated rings. The summed E-state index contributed by atoms with van der Waals surface area (Å²) in [7, 11) is 0. The van der Waals surface area contributed by atoms with Gasteiger partial charge < -0.3 is 4.90 Å². The highest BCUT2D eigenvalue weighted by atomic mass is 32.2. The first kappa shape index (κ1) is 21.6. The number of amides is 2. The maximum atomic E-state index is 11.9. The summed E-state index contributed by atoms with van der Waals surface area (Å²) in [5.74, 6) is -0.397. The predicted molar refractivity (Wildman–Crippen MR) is 133 cm³/mol. The Morgan fingerprint density at radius 3 is 2.55 bits per heavy atom. The van der Waals surface area contributed by atoms with Crippen molar-refractivity contribution in [3.8, 4) is 11.1 Å². The number of benzene rings is 2. The molecule has 7 nitrogen and oxygen atoms in total. The normalized spacial score (nSPS) is 18.3. The van der Waals surface area contributed by atoms with Gasteiger partial charge in [-0.3, -0.25) is 24.8 Å². The number of piperazine rings is 1. The number of hydrogen-bond donors (Lipinski definition) is 1. The molecule has 3 heterocycles. The number of rotatable bonds is 5. The molecule has 2 saturated heterocycles. The highest BCUT2D eigenvalue weighted by Crippen LogP contribution is 2.30. The van der Waals surface area contributed by atoms with Gasteiger partial charge in [-0.25, -0.2) is 4.98 Å². The zero-order valence-corrected chi connectivity index (χ0v) is 19.3. The summed E-state index contributed by atoms with van der Waals surface area (Å²) in [6.45, 7) is 7.71. The van der Waals surface area contributed by atoms with E-state index < -0.39 is 5.91 Å². The van der Waals surface area contributed by atoms with E-state index >= 15 is 0 Å². The second-order valence-electron chi connectivity index (χ2n) is 8.20. The van der Waals surface area contributed by atoms with Crippen molar-refractivity contribution in [1.82, 2.24) is 20.2 Å². The number of thioether (sulfide) groups is 1. The average molecular weight is 460 g/mol. The molecule has 3 aromatic rings. The number of para-hydroxylation sites is 1. The van der Waals surface area contributed by atoms with Gasteiger partial charge in [-0.2, -0.15) is 0 Å². The van der Waals surface area contributed by atoms with E-state index in [0.29, 0.717) is 10.6 Å². The number of aromatic nitrogens is 2. The quantitative estimate of drug-likeness (QED) is 0.574. The lowest BCUT2D eigenvalue weighted by molar-refractivity contribution is -0.115. The Balaban J connectivity index is 1.41. The van der Waals surface area contributed by atoms with Crippen molar-refractivity contribution in [2.45, 2.75) is 13.3 Å². The second kappa shape index (κ2) is 9.33. The third-order valence-corrected chi connectivity index (χ3v) is 6.78. The van der Waals surface area contributed by atoms with E-state index in [2.05, 4.69) is 51.3 Å². The van der Waals surface area contributed by atoms with Crippen LogP contribution in [-0.2, 0) is 4.79 Å². The molecule has 0 bridgehead atoms. The predicted octanol–water partition coefficient (Wildman–Crippen LogP) is 4.15. The van der Waals surface area contributed by atoms with Crippen LogP contribution >= 0.6 is 11.8 Å². The van der Waals surface area contributed by atoms with Gasteiger partial charge in [-0.1, -0.05) is 31.2 Å². The summed E-state index contributed by atoms with van der Waals surface area (Å²) in [6.07, 6.45) is 4.43. The summed E-state index contributed by atoms with van der Waals surface area (Å²) in [4.78, 5) is 37.9. The van der Waals surface area contributed by atoms with Crippen LogP contribution in [0, 0.1) is 0 Å². The molecule has 0 atom stereocenters. The molecule has 2 amide bonds. The van der Waals surface area contributed by atoms with E-state index in [0.717, 1.165) is 60.1 Å². The fraction of sp³-hybridized carbons (Fsp3) is 0.280. The van der Waals surface area contributed by atoms with Crippen LogP contribution in [0.2, 0.25) is 0 Å². The van der Waals surface area contributed by atoms with Gasteiger partial charge in [0.2, 0.25) is 0 Å². The smallest absolute Gasteiger partial charge is 0.290 e. The minimum atomic E-state index is -0.397. The fourth-order valence-corrected chi connectivity index (χ4v) is 4.97. The Labute approximate surface area is 196 Å². The molecule has 5 rings (SSSR count). The van der Waals surface area contributed by atoms with E-state index in [1.165, 1.54) is 18.7 Å². The Bertz CT molecular complexity index is 1230. The monoisotopic (exact) mass is 459 g/mol. The highest BCUT2D eigenvalue weighted by molar-refractivity contribution is 8.18. The molecule has 8 heteroatoms. The summed E-state index contributed by atoms with van der Waals surface area (Å²) >= 11 is 0.878. The van der Waals surface area contributed by atoms with Gasteiger partial charge >= 0.3 is 0 Å². The van der Waals surface area contributed by atoms with E-state index in [1.807, 2.05) is 18.2 Å². The number of carbonyl (C=O) groups excluding carboxylic acids is 2. The van der Waals surface area contributed by atoms with Crippen LogP contribution in [-0.4, -0.2) is 58.7 Å². The lowest BCUT2D eigenvalue weighted by Crippen LogP contribution is -2.46. The number of nitrogens with one attached hydrogen (secondary N) is 1. The minimum Gasteiger partial charge on any atom is -0.369 e.